The number of esters is 1. The number of nitrogens with zero attached hydrogens (tertiary/aromatic N) is 2. The Morgan fingerprint density at radius 1 is 0.800 bits per heavy atom. The monoisotopic (exact) mass is 397 g/mol. The largest absolute Gasteiger partial charge is 0.459 e. The number of rotatable bonds is 4. The molecule has 0 aliphatic rings. The number of carbonyl (C=O) groups excluding carboxylic acids is 2. The number of nitrogens with one attached hydrogen (secondary N) is 1. The quantitative estimate of drug-likeness (QED) is 0.406. The highest BCUT2D eigenvalue weighted by Crippen LogP contribution is 2.31. The molecule has 6 nitrogen and oxygen atoms in total. The second kappa shape index (κ2) is 8.53. The second-order valence-corrected chi connectivity index (χ2v) is 6.53. The maximum absolute atomic E-state index is 11.9. The van der Waals surface area contributed by atoms with E-state index < -0.39 is 11.9 Å². The van der Waals surface area contributed by atoms with Gasteiger partial charge in [0.2, 0.25) is 0 Å². The lowest BCUT2D eigenvalue weighted by molar-refractivity contribution is -0.152. The molecule has 0 aliphatic heterocycles. The summed E-state index contributed by atoms with van der Waals surface area (Å²) in [6.45, 7) is 1.78. The first-order valence-corrected chi connectivity index (χ1v) is 9.56. The Bertz CT molecular complexity index is 1210. The van der Waals surface area contributed by atoms with E-state index in [1.165, 1.54) is 0 Å². The van der Waals surface area contributed by atoms with Gasteiger partial charge in [-0.3, -0.25) is 4.79 Å². The average molecular weight is 397 g/mol. The van der Waals surface area contributed by atoms with E-state index in [0.29, 0.717) is 16.7 Å². The maximum Gasteiger partial charge on any atom is 0.397 e. The molecule has 0 aliphatic carbocycles. The lowest BCUT2D eigenvalue weighted by atomic mass is 10.0. The van der Waals surface area contributed by atoms with Crippen LogP contribution in [0.1, 0.15) is 6.92 Å². The number of fused-ring (bicyclic) bond motifs is 1. The highest BCUT2D eigenvalue weighted by atomic mass is 16.5. The normalized spacial score (nSPS) is 10.6. The van der Waals surface area contributed by atoms with Crippen LogP contribution in [-0.4, -0.2) is 28.5 Å². The zero-order valence-electron chi connectivity index (χ0n) is 16.3. The van der Waals surface area contributed by atoms with Crippen LogP contribution >= 0.6 is 0 Å². The van der Waals surface area contributed by atoms with Crippen LogP contribution in [0.4, 0.5) is 5.69 Å². The lowest BCUT2D eigenvalue weighted by Gasteiger charge is -2.11. The summed E-state index contributed by atoms with van der Waals surface area (Å²) >= 11 is 0. The van der Waals surface area contributed by atoms with Crippen molar-refractivity contribution in [1.82, 2.24) is 9.97 Å². The molecule has 1 amide bonds. The summed E-state index contributed by atoms with van der Waals surface area (Å²) in [5, 5.41) is 2.54. The Balaban J connectivity index is 1.80. The van der Waals surface area contributed by atoms with Crippen LogP contribution in [0.3, 0.4) is 0 Å². The van der Waals surface area contributed by atoms with Gasteiger partial charge < -0.3 is 10.1 Å². The summed E-state index contributed by atoms with van der Waals surface area (Å²) < 4.78 is 4.73. The number of anilines is 1. The molecular weight excluding hydrogens is 378 g/mol. The van der Waals surface area contributed by atoms with Gasteiger partial charge in [-0.1, -0.05) is 60.7 Å². The van der Waals surface area contributed by atoms with Gasteiger partial charge in [0.25, 0.3) is 0 Å². The summed E-state index contributed by atoms with van der Waals surface area (Å²) in [7, 11) is 0. The minimum atomic E-state index is -0.923. The molecule has 148 valence electrons. The zero-order chi connectivity index (χ0) is 20.9. The maximum atomic E-state index is 11.9. The molecule has 0 bridgehead atoms. The minimum Gasteiger partial charge on any atom is -0.459 e. The van der Waals surface area contributed by atoms with Crippen molar-refractivity contribution in [2.24, 2.45) is 0 Å². The van der Waals surface area contributed by atoms with Crippen LogP contribution in [0.5, 0.6) is 0 Å². The van der Waals surface area contributed by atoms with E-state index in [9.17, 15) is 9.59 Å². The molecule has 0 unspecified atom stereocenters. The van der Waals surface area contributed by atoms with E-state index in [2.05, 4.69) is 5.32 Å². The first-order valence-electron chi connectivity index (χ1n) is 9.56. The third-order valence-electron chi connectivity index (χ3n) is 4.48. The summed E-state index contributed by atoms with van der Waals surface area (Å²) in [6.07, 6.45) is 0. The van der Waals surface area contributed by atoms with Gasteiger partial charge in [0.1, 0.15) is 0 Å². The second-order valence-electron chi connectivity index (χ2n) is 6.53. The van der Waals surface area contributed by atoms with E-state index in [4.69, 9.17) is 14.7 Å². The molecule has 0 atom stereocenters. The molecule has 0 spiro atoms. The number of hydrogen-bond donors (Lipinski definition) is 1. The third kappa shape index (κ3) is 4.03. The van der Waals surface area contributed by atoms with Crippen LogP contribution < -0.4 is 5.32 Å². The van der Waals surface area contributed by atoms with E-state index in [-0.39, 0.29) is 6.61 Å². The topological polar surface area (TPSA) is 81.2 Å². The molecule has 1 aromatic heterocycles. The van der Waals surface area contributed by atoms with Crippen molar-refractivity contribution < 1.29 is 14.3 Å². The van der Waals surface area contributed by atoms with Gasteiger partial charge >= 0.3 is 11.9 Å². The van der Waals surface area contributed by atoms with Gasteiger partial charge in [-0.15, -0.1) is 0 Å². The molecule has 30 heavy (non-hydrogen) atoms. The van der Waals surface area contributed by atoms with Crippen molar-refractivity contribution in [3.63, 3.8) is 0 Å². The number of ether oxygens (including phenoxy) is 1. The average Bonchev–Trinajstić information content (AvgIpc) is 2.79. The molecule has 0 fully saturated rings. The van der Waals surface area contributed by atoms with Crippen LogP contribution in [0, 0.1) is 0 Å². The van der Waals surface area contributed by atoms with Crippen LogP contribution in [0.15, 0.2) is 78.9 Å². The van der Waals surface area contributed by atoms with Crippen LogP contribution in [0.25, 0.3) is 33.5 Å². The molecule has 4 aromatic rings. The van der Waals surface area contributed by atoms with Gasteiger partial charge in [-0.05, 0) is 25.1 Å². The van der Waals surface area contributed by atoms with Crippen molar-refractivity contribution in [3.8, 4) is 22.5 Å². The Morgan fingerprint density at radius 2 is 1.37 bits per heavy atom. The first-order chi connectivity index (χ1) is 14.7. The number of hydrogen-bond acceptors (Lipinski definition) is 5. The Morgan fingerprint density at radius 3 is 1.93 bits per heavy atom. The summed E-state index contributed by atoms with van der Waals surface area (Å²) in [6, 6.07) is 24.8. The molecule has 6 heteroatoms. The molecular formula is C24H19N3O3. The Hall–Kier alpha value is -4.06. The van der Waals surface area contributed by atoms with E-state index in [0.717, 1.165) is 22.5 Å². The van der Waals surface area contributed by atoms with Crippen LogP contribution in [0.2, 0.25) is 0 Å². The molecule has 0 saturated carbocycles. The van der Waals surface area contributed by atoms with Crippen molar-refractivity contribution in [2.45, 2.75) is 6.92 Å². The molecule has 0 radical (unpaired) electrons. The molecule has 3 aromatic carbocycles. The van der Waals surface area contributed by atoms with Gasteiger partial charge in [0, 0.05) is 16.8 Å². The highest BCUT2D eigenvalue weighted by molar-refractivity contribution is 6.37. The molecule has 1 N–H and O–H groups in total. The number of carbonyl (C=O) groups is 2. The fraction of sp³-hybridized carbons (Fsp3) is 0.0833. The van der Waals surface area contributed by atoms with Crippen molar-refractivity contribution in [2.75, 3.05) is 11.9 Å². The third-order valence-corrected chi connectivity index (χ3v) is 4.48. The van der Waals surface area contributed by atoms with E-state index >= 15 is 0 Å². The fourth-order valence-corrected chi connectivity index (χ4v) is 3.11. The molecule has 1 heterocycles. The van der Waals surface area contributed by atoms with Crippen molar-refractivity contribution >= 4 is 28.6 Å². The molecule has 0 saturated heterocycles. The predicted molar refractivity (Wildman–Crippen MR) is 116 cm³/mol. The fourth-order valence-electron chi connectivity index (χ4n) is 3.11. The van der Waals surface area contributed by atoms with E-state index in [1.54, 1.807) is 25.1 Å². The highest BCUT2D eigenvalue weighted by Gasteiger charge is 2.16. The van der Waals surface area contributed by atoms with E-state index in [1.807, 2.05) is 60.7 Å². The summed E-state index contributed by atoms with van der Waals surface area (Å²) in [4.78, 5) is 33.2. The van der Waals surface area contributed by atoms with Gasteiger partial charge in [0.05, 0.1) is 29.0 Å². The smallest absolute Gasteiger partial charge is 0.397 e. The lowest BCUT2D eigenvalue weighted by Crippen LogP contribution is -2.24. The minimum absolute atomic E-state index is 0.137. The van der Waals surface area contributed by atoms with Crippen molar-refractivity contribution in [1.29, 1.82) is 0 Å². The standard InChI is InChI=1S/C24H19N3O3/c1-2-30-24(29)23(28)25-18-13-14-19-20(15-18)27-22(17-11-7-4-8-12-17)21(26-19)16-9-5-3-6-10-16/h3-15H,2H2,1H3,(H,25,28). The predicted octanol–water partition coefficient (Wildman–Crippen LogP) is 4.47. The van der Waals surface area contributed by atoms with Crippen LogP contribution in [-0.2, 0) is 14.3 Å². The van der Waals surface area contributed by atoms with Gasteiger partial charge in [0.15, 0.2) is 0 Å². The Labute approximate surface area is 173 Å². The van der Waals surface area contributed by atoms with Crippen molar-refractivity contribution in [3.05, 3.63) is 78.9 Å². The van der Waals surface area contributed by atoms with Gasteiger partial charge in [-0.25, -0.2) is 14.8 Å². The number of aromatic nitrogens is 2. The number of benzene rings is 3. The SMILES string of the molecule is CCOC(=O)C(=O)Nc1ccc2nc(-c3ccccc3)c(-c3ccccc3)nc2c1. The first kappa shape index (κ1) is 19.3. The summed E-state index contributed by atoms with van der Waals surface area (Å²) in [5.74, 6) is -1.75. The Kier molecular flexibility index (Phi) is 5.48. The number of amides is 1. The molecule has 4 rings (SSSR count). The summed E-state index contributed by atoms with van der Waals surface area (Å²) in [5.41, 5.74) is 5.15. The van der Waals surface area contributed by atoms with Gasteiger partial charge in [-0.2, -0.15) is 0 Å². The zero-order valence-corrected chi connectivity index (χ0v) is 16.3.